The average Bonchev–Trinajstić information content (AvgIpc) is 3.03. The molecule has 0 bridgehead atoms. The highest BCUT2D eigenvalue weighted by Crippen LogP contribution is 2.46. The predicted molar refractivity (Wildman–Crippen MR) is 83.9 cm³/mol. The van der Waals surface area contributed by atoms with Gasteiger partial charge in [0.2, 0.25) is 0 Å². The first kappa shape index (κ1) is 21.6. The molecule has 0 spiro atoms. The first-order chi connectivity index (χ1) is 13.3. The van der Waals surface area contributed by atoms with Gasteiger partial charge in [0.05, 0.1) is 11.6 Å². The maximum atomic E-state index is 14.8. The fraction of sp³-hybridized carbons (Fsp3) is 0.533. The molecule has 1 aromatic heterocycles. The van der Waals surface area contributed by atoms with Crippen LogP contribution in [0.1, 0.15) is 36.6 Å². The van der Waals surface area contributed by atoms with Gasteiger partial charge in [-0.15, -0.1) is 0 Å². The number of aromatic nitrogens is 2. The van der Waals surface area contributed by atoms with Crippen LogP contribution in [0.4, 0.5) is 30.7 Å². The SMILES string of the molecule is Cc1c(C(F)(F)F)c(OS(=O)(=O)C(F)(F)F)c2cnn(C3CCCCO3)c2c1F. The fourth-order valence-corrected chi connectivity index (χ4v) is 3.55. The zero-order valence-electron chi connectivity index (χ0n) is 14.6. The summed E-state index contributed by atoms with van der Waals surface area (Å²) in [5.41, 5.74) is -9.74. The van der Waals surface area contributed by atoms with E-state index in [1.807, 2.05) is 0 Å². The van der Waals surface area contributed by atoms with Crippen molar-refractivity contribution in [2.75, 3.05) is 6.61 Å². The first-order valence-corrected chi connectivity index (χ1v) is 9.55. The number of nitrogens with zero attached hydrogens (tertiary/aromatic N) is 2. The summed E-state index contributed by atoms with van der Waals surface area (Å²) in [6, 6.07) is 0. The Balaban J connectivity index is 2.32. The van der Waals surface area contributed by atoms with Gasteiger partial charge in [-0.3, -0.25) is 0 Å². The Labute approximate surface area is 159 Å². The summed E-state index contributed by atoms with van der Waals surface area (Å²) in [5.74, 6) is -3.11. The molecular weight excluding hydrogens is 437 g/mol. The highest BCUT2D eigenvalue weighted by Gasteiger charge is 2.51. The third-order valence-corrected chi connectivity index (χ3v) is 5.32. The van der Waals surface area contributed by atoms with E-state index in [0.717, 1.165) is 4.68 Å². The Morgan fingerprint density at radius 2 is 1.86 bits per heavy atom. The lowest BCUT2D eigenvalue weighted by molar-refractivity contribution is -0.139. The number of ether oxygens (including phenoxy) is 1. The Kier molecular flexibility index (Phi) is 5.22. The average molecular weight is 450 g/mol. The second-order valence-electron chi connectivity index (χ2n) is 6.30. The van der Waals surface area contributed by atoms with Gasteiger partial charge in [0, 0.05) is 12.2 Å². The smallest absolute Gasteiger partial charge is 0.375 e. The van der Waals surface area contributed by atoms with Gasteiger partial charge in [0.15, 0.2) is 17.8 Å². The first-order valence-electron chi connectivity index (χ1n) is 8.14. The molecule has 1 aliphatic heterocycles. The summed E-state index contributed by atoms with van der Waals surface area (Å²) in [7, 11) is -6.46. The van der Waals surface area contributed by atoms with Crippen LogP contribution in [0.2, 0.25) is 0 Å². The van der Waals surface area contributed by atoms with E-state index in [4.69, 9.17) is 4.74 Å². The van der Waals surface area contributed by atoms with Crippen molar-refractivity contribution in [3.8, 4) is 5.75 Å². The highest BCUT2D eigenvalue weighted by atomic mass is 32.2. The normalized spacial score (nSPS) is 19.0. The van der Waals surface area contributed by atoms with Crippen LogP contribution in [0, 0.1) is 12.7 Å². The maximum Gasteiger partial charge on any atom is 0.534 e. The van der Waals surface area contributed by atoms with Crippen LogP contribution in [0.25, 0.3) is 10.9 Å². The van der Waals surface area contributed by atoms with Crippen molar-refractivity contribution in [2.24, 2.45) is 0 Å². The number of halogens is 7. The summed E-state index contributed by atoms with van der Waals surface area (Å²) in [6.45, 7) is 0.919. The van der Waals surface area contributed by atoms with E-state index < -0.39 is 61.6 Å². The van der Waals surface area contributed by atoms with Crippen molar-refractivity contribution in [1.29, 1.82) is 0 Å². The molecule has 2 heterocycles. The third kappa shape index (κ3) is 3.74. The van der Waals surface area contributed by atoms with Crippen LogP contribution >= 0.6 is 0 Å². The standard InChI is InChI=1S/C15H13F7N2O4S/c1-7-10(14(17,18)19)13(28-29(25,26)15(20,21)22)8-6-23-24(12(8)11(7)16)9-4-2-3-5-27-9/h6,9H,2-5H2,1H3. The monoisotopic (exact) mass is 450 g/mol. The molecule has 1 atom stereocenters. The predicted octanol–water partition coefficient (Wildman–Crippen LogP) is 4.43. The lowest BCUT2D eigenvalue weighted by Gasteiger charge is -2.24. The molecule has 1 unspecified atom stereocenters. The van der Waals surface area contributed by atoms with Crippen LogP contribution in [0.3, 0.4) is 0 Å². The van der Waals surface area contributed by atoms with Crippen molar-refractivity contribution in [3.63, 3.8) is 0 Å². The largest absolute Gasteiger partial charge is 0.534 e. The topological polar surface area (TPSA) is 70.4 Å². The van der Waals surface area contributed by atoms with E-state index in [0.29, 0.717) is 32.4 Å². The lowest BCUT2D eigenvalue weighted by atomic mass is 10.0. The summed E-state index contributed by atoms with van der Waals surface area (Å²) in [4.78, 5) is 0. The van der Waals surface area contributed by atoms with Crippen LogP contribution in [-0.2, 0) is 21.0 Å². The molecule has 3 rings (SSSR count). The molecule has 0 N–H and O–H groups in total. The van der Waals surface area contributed by atoms with Gasteiger partial charge in [-0.2, -0.15) is 39.9 Å². The van der Waals surface area contributed by atoms with Gasteiger partial charge in [-0.25, -0.2) is 9.07 Å². The van der Waals surface area contributed by atoms with Crippen LogP contribution in [0.15, 0.2) is 6.20 Å². The molecular formula is C15H13F7N2O4S. The van der Waals surface area contributed by atoms with Gasteiger partial charge >= 0.3 is 21.8 Å². The molecule has 1 fully saturated rings. The van der Waals surface area contributed by atoms with E-state index >= 15 is 0 Å². The molecule has 0 radical (unpaired) electrons. The summed E-state index contributed by atoms with van der Waals surface area (Å²) in [5, 5.41) is 2.85. The van der Waals surface area contributed by atoms with Crippen LogP contribution < -0.4 is 4.18 Å². The summed E-state index contributed by atoms with van der Waals surface area (Å²) < 4.78 is 126. The minimum atomic E-state index is -6.46. The zero-order chi connectivity index (χ0) is 21.8. The number of hydrogen-bond acceptors (Lipinski definition) is 5. The molecule has 0 amide bonds. The van der Waals surface area contributed by atoms with Crippen molar-refractivity contribution in [2.45, 2.75) is 44.1 Å². The molecule has 0 aliphatic carbocycles. The maximum absolute atomic E-state index is 14.8. The molecule has 162 valence electrons. The van der Waals surface area contributed by atoms with Crippen molar-refractivity contribution < 1.29 is 48.1 Å². The van der Waals surface area contributed by atoms with Crippen molar-refractivity contribution >= 4 is 21.0 Å². The van der Waals surface area contributed by atoms with Gasteiger partial charge in [0.1, 0.15) is 11.1 Å². The van der Waals surface area contributed by atoms with E-state index in [1.54, 1.807) is 0 Å². The molecule has 1 aromatic carbocycles. The highest BCUT2D eigenvalue weighted by molar-refractivity contribution is 7.88. The molecule has 0 saturated carbocycles. The van der Waals surface area contributed by atoms with Crippen molar-refractivity contribution in [1.82, 2.24) is 9.78 Å². The molecule has 14 heteroatoms. The second-order valence-corrected chi connectivity index (χ2v) is 7.83. The molecule has 2 aromatic rings. The quantitative estimate of drug-likeness (QED) is 0.393. The second kappa shape index (κ2) is 7.00. The number of hydrogen-bond donors (Lipinski definition) is 0. The Bertz CT molecular complexity index is 1040. The zero-order valence-corrected chi connectivity index (χ0v) is 15.4. The molecule has 1 aliphatic rings. The van der Waals surface area contributed by atoms with E-state index in [9.17, 15) is 39.2 Å². The van der Waals surface area contributed by atoms with Crippen molar-refractivity contribution in [3.05, 3.63) is 23.1 Å². The fourth-order valence-electron chi connectivity index (χ4n) is 3.06. The number of benzene rings is 1. The van der Waals surface area contributed by atoms with Gasteiger partial charge < -0.3 is 8.92 Å². The number of fused-ring (bicyclic) bond motifs is 1. The molecule has 6 nitrogen and oxygen atoms in total. The summed E-state index contributed by atoms with van der Waals surface area (Å²) >= 11 is 0. The molecule has 1 saturated heterocycles. The van der Waals surface area contributed by atoms with Gasteiger partial charge in [-0.1, -0.05) is 0 Å². The number of alkyl halides is 6. The summed E-state index contributed by atoms with van der Waals surface area (Å²) in [6.07, 6.45) is -4.01. The van der Waals surface area contributed by atoms with Gasteiger partial charge in [-0.05, 0) is 26.2 Å². The Hall–Kier alpha value is -2.09. The third-order valence-electron chi connectivity index (χ3n) is 4.37. The van der Waals surface area contributed by atoms with Crippen LogP contribution in [-0.4, -0.2) is 30.3 Å². The molecule has 29 heavy (non-hydrogen) atoms. The lowest BCUT2D eigenvalue weighted by Crippen LogP contribution is -2.29. The number of rotatable bonds is 3. The van der Waals surface area contributed by atoms with E-state index in [1.165, 1.54) is 0 Å². The van der Waals surface area contributed by atoms with E-state index in [-0.39, 0.29) is 6.61 Å². The minimum Gasteiger partial charge on any atom is -0.375 e. The van der Waals surface area contributed by atoms with E-state index in [2.05, 4.69) is 9.28 Å². The van der Waals surface area contributed by atoms with Crippen LogP contribution in [0.5, 0.6) is 5.75 Å². The Morgan fingerprint density at radius 3 is 2.38 bits per heavy atom. The van der Waals surface area contributed by atoms with Gasteiger partial charge in [0.25, 0.3) is 0 Å². The minimum absolute atomic E-state index is 0.263. The Morgan fingerprint density at radius 1 is 1.21 bits per heavy atom.